The Morgan fingerprint density at radius 3 is 2.04 bits per heavy atom. The Morgan fingerprint density at radius 2 is 1.42 bits per heavy atom. The number of aromatic hydroxyl groups is 1. The normalized spacial score (nSPS) is 11.4. The van der Waals surface area contributed by atoms with Gasteiger partial charge in [0.05, 0.1) is 5.56 Å². The number of carbonyl (C=O) groups is 1. The minimum atomic E-state index is -1.06. The lowest BCUT2D eigenvalue weighted by molar-refractivity contribution is 0.0696. The molecule has 126 valence electrons. The monoisotopic (exact) mass is 343 g/mol. The molecule has 0 saturated carbocycles. The summed E-state index contributed by atoms with van der Waals surface area (Å²) in [5.41, 5.74) is 0.423. The van der Waals surface area contributed by atoms with E-state index in [2.05, 4.69) is 15.2 Å². The summed E-state index contributed by atoms with van der Waals surface area (Å²) < 4.78 is 0. The number of nitrogens with zero attached hydrogens (tertiary/aromatic N) is 3. The number of hydrogen-bond acceptors (Lipinski definition) is 5. The van der Waals surface area contributed by atoms with Crippen LogP contribution in [0.2, 0.25) is 0 Å². The third kappa shape index (κ3) is 2.63. The van der Waals surface area contributed by atoms with Crippen LogP contribution in [0.5, 0.6) is 5.75 Å². The number of phenols is 1. The zero-order valence-corrected chi connectivity index (χ0v) is 13.5. The van der Waals surface area contributed by atoms with Crippen molar-refractivity contribution < 1.29 is 15.0 Å². The van der Waals surface area contributed by atoms with Crippen LogP contribution in [-0.2, 0) is 0 Å². The Labute approximate surface area is 148 Å². The van der Waals surface area contributed by atoms with Gasteiger partial charge in [-0.1, -0.05) is 48.5 Å². The predicted octanol–water partition coefficient (Wildman–Crippen LogP) is 5.21. The van der Waals surface area contributed by atoms with Crippen molar-refractivity contribution in [3.8, 4) is 5.75 Å². The van der Waals surface area contributed by atoms with E-state index in [4.69, 9.17) is 5.11 Å². The molecular formula is C20H13N3O3. The maximum absolute atomic E-state index is 10.9. The molecular weight excluding hydrogens is 330 g/mol. The summed E-state index contributed by atoms with van der Waals surface area (Å²) in [4.78, 5) is 14.8. The van der Waals surface area contributed by atoms with Crippen LogP contribution in [0.15, 0.2) is 77.1 Å². The lowest BCUT2D eigenvalue weighted by Crippen LogP contribution is -1.95. The van der Waals surface area contributed by atoms with Crippen LogP contribution in [0.4, 0.5) is 11.5 Å². The van der Waals surface area contributed by atoms with E-state index >= 15 is 0 Å². The molecule has 0 amide bonds. The molecule has 3 aromatic carbocycles. The molecule has 0 fully saturated rings. The van der Waals surface area contributed by atoms with Gasteiger partial charge in [0.1, 0.15) is 5.69 Å². The van der Waals surface area contributed by atoms with Crippen molar-refractivity contribution in [1.29, 1.82) is 0 Å². The fraction of sp³-hybridized carbons (Fsp3) is 0. The molecule has 1 aromatic heterocycles. The number of pyridine rings is 1. The van der Waals surface area contributed by atoms with E-state index in [0.717, 1.165) is 16.2 Å². The molecule has 4 rings (SSSR count). The fourth-order valence-electron chi connectivity index (χ4n) is 2.88. The lowest BCUT2D eigenvalue weighted by atomic mass is 9.99. The smallest absolute Gasteiger partial charge is 0.337 e. The summed E-state index contributed by atoms with van der Waals surface area (Å²) >= 11 is 0. The van der Waals surface area contributed by atoms with Crippen LogP contribution < -0.4 is 0 Å². The molecule has 26 heavy (non-hydrogen) atoms. The van der Waals surface area contributed by atoms with Gasteiger partial charge in [-0.05, 0) is 22.9 Å². The van der Waals surface area contributed by atoms with E-state index < -0.39 is 5.97 Å². The highest BCUT2D eigenvalue weighted by Crippen LogP contribution is 2.43. The van der Waals surface area contributed by atoms with E-state index in [1.54, 1.807) is 0 Å². The number of aromatic carboxylic acids is 1. The quantitative estimate of drug-likeness (QED) is 0.394. The van der Waals surface area contributed by atoms with Crippen molar-refractivity contribution in [1.82, 2.24) is 4.98 Å². The predicted molar refractivity (Wildman–Crippen MR) is 98.5 cm³/mol. The lowest BCUT2D eigenvalue weighted by Gasteiger charge is -2.09. The number of carboxylic acid groups (broad SMARTS) is 1. The van der Waals surface area contributed by atoms with Gasteiger partial charge >= 0.3 is 5.97 Å². The topological polar surface area (TPSA) is 95.1 Å². The number of benzene rings is 3. The molecule has 6 nitrogen and oxygen atoms in total. The number of phenolic OH excluding ortho intramolecular Hbond substituents is 1. The third-order valence-corrected chi connectivity index (χ3v) is 4.13. The largest absolute Gasteiger partial charge is 0.505 e. The molecule has 0 unspecified atom stereocenters. The molecule has 0 aliphatic rings. The van der Waals surface area contributed by atoms with Crippen LogP contribution in [0.25, 0.3) is 21.5 Å². The Bertz CT molecular complexity index is 1170. The van der Waals surface area contributed by atoms with Gasteiger partial charge in [0, 0.05) is 17.0 Å². The van der Waals surface area contributed by atoms with Crippen LogP contribution in [0.3, 0.4) is 0 Å². The minimum Gasteiger partial charge on any atom is -0.505 e. The molecule has 6 heteroatoms. The van der Waals surface area contributed by atoms with Crippen molar-refractivity contribution in [2.75, 3.05) is 0 Å². The second-order valence-electron chi connectivity index (χ2n) is 5.70. The molecule has 0 atom stereocenters. The Balaban J connectivity index is 1.87. The van der Waals surface area contributed by atoms with Crippen molar-refractivity contribution in [2.45, 2.75) is 0 Å². The summed E-state index contributed by atoms with van der Waals surface area (Å²) in [6.07, 6.45) is 1.22. The van der Waals surface area contributed by atoms with E-state index in [9.17, 15) is 9.90 Å². The Hall–Kier alpha value is -3.80. The van der Waals surface area contributed by atoms with Crippen molar-refractivity contribution >= 4 is 39.0 Å². The number of azo groups is 1. The van der Waals surface area contributed by atoms with Crippen molar-refractivity contribution in [2.24, 2.45) is 10.2 Å². The second-order valence-corrected chi connectivity index (χ2v) is 5.70. The highest BCUT2D eigenvalue weighted by atomic mass is 16.4. The fourth-order valence-corrected chi connectivity index (χ4v) is 2.88. The third-order valence-electron chi connectivity index (χ3n) is 4.13. The van der Waals surface area contributed by atoms with Gasteiger partial charge < -0.3 is 10.2 Å². The molecule has 2 N–H and O–H groups in total. The maximum Gasteiger partial charge on any atom is 0.337 e. The molecule has 0 radical (unpaired) electrons. The Kier molecular flexibility index (Phi) is 3.78. The summed E-state index contributed by atoms with van der Waals surface area (Å²) in [6, 6.07) is 18.1. The first-order valence-corrected chi connectivity index (χ1v) is 7.88. The van der Waals surface area contributed by atoms with Gasteiger partial charge in [-0.3, -0.25) is 0 Å². The summed E-state index contributed by atoms with van der Waals surface area (Å²) in [6.45, 7) is 0. The number of rotatable bonds is 3. The van der Waals surface area contributed by atoms with E-state index in [1.165, 1.54) is 18.3 Å². The van der Waals surface area contributed by atoms with Gasteiger partial charge in [0.25, 0.3) is 0 Å². The van der Waals surface area contributed by atoms with E-state index in [-0.39, 0.29) is 17.1 Å². The van der Waals surface area contributed by atoms with Crippen LogP contribution in [0, 0.1) is 0 Å². The number of carboxylic acids is 1. The van der Waals surface area contributed by atoms with Crippen LogP contribution in [0.1, 0.15) is 10.4 Å². The van der Waals surface area contributed by atoms with Gasteiger partial charge in [0.15, 0.2) is 11.6 Å². The SMILES string of the molecule is O=C(O)c1ccc(N=Nc2c(O)c3ccccc3c3ccccc23)nc1. The summed E-state index contributed by atoms with van der Waals surface area (Å²) in [5.74, 6) is -0.754. The number of aromatic nitrogens is 1. The van der Waals surface area contributed by atoms with Crippen LogP contribution in [-0.4, -0.2) is 21.2 Å². The van der Waals surface area contributed by atoms with Gasteiger partial charge in [-0.2, -0.15) is 0 Å². The first-order valence-electron chi connectivity index (χ1n) is 7.88. The molecule has 0 aliphatic heterocycles. The van der Waals surface area contributed by atoms with Gasteiger partial charge in [-0.15, -0.1) is 10.2 Å². The molecule has 1 heterocycles. The van der Waals surface area contributed by atoms with E-state index in [0.29, 0.717) is 11.1 Å². The van der Waals surface area contributed by atoms with Gasteiger partial charge in [-0.25, -0.2) is 9.78 Å². The standard InChI is InChI=1S/C20H13N3O3/c24-19-16-8-4-2-6-14(16)13-5-1-3-7-15(13)18(19)23-22-17-10-9-12(11-21-17)20(25)26/h1-11,24H,(H,25,26). The first-order chi connectivity index (χ1) is 12.6. The molecule has 0 bridgehead atoms. The number of hydrogen-bond donors (Lipinski definition) is 2. The summed E-state index contributed by atoms with van der Waals surface area (Å²) in [7, 11) is 0. The first kappa shape index (κ1) is 15.7. The zero-order chi connectivity index (χ0) is 18.1. The highest BCUT2D eigenvalue weighted by molar-refractivity contribution is 6.15. The molecule has 0 aliphatic carbocycles. The second kappa shape index (κ2) is 6.25. The van der Waals surface area contributed by atoms with Crippen molar-refractivity contribution in [3.63, 3.8) is 0 Å². The highest BCUT2D eigenvalue weighted by Gasteiger charge is 2.13. The van der Waals surface area contributed by atoms with E-state index in [1.807, 2.05) is 48.5 Å². The molecule has 0 spiro atoms. The van der Waals surface area contributed by atoms with Crippen LogP contribution >= 0.6 is 0 Å². The summed E-state index contributed by atoms with van der Waals surface area (Å²) in [5, 5.41) is 31.2. The van der Waals surface area contributed by atoms with Crippen molar-refractivity contribution in [3.05, 3.63) is 72.4 Å². The molecule has 4 aromatic rings. The molecule has 0 saturated heterocycles. The minimum absolute atomic E-state index is 0.0465. The Morgan fingerprint density at radius 1 is 0.808 bits per heavy atom. The average molecular weight is 343 g/mol. The maximum atomic E-state index is 10.9. The average Bonchev–Trinajstić information content (AvgIpc) is 2.68. The van der Waals surface area contributed by atoms with Gasteiger partial charge in [0.2, 0.25) is 0 Å². The number of fused-ring (bicyclic) bond motifs is 3. The zero-order valence-electron chi connectivity index (χ0n) is 13.5.